The van der Waals surface area contributed by atoms with Gasteiger partial charge in [-0.05, 0) is 26.8 Å². The normalized spacial score (nSPS) is 11.8. The van der Waals surface area contributed by atoms with Crippen LogP contribution in [0.1, 0.15) is 36.1 Å². The molecule has 2 N–H and O–H groups in total. The molecular formula is C12H15N3O5S. The molecule has 2 rings (SSSR count). The van der Waals surface area contributed by atoms with Crippen molar-refractivity contribution in [2.24, 2.45) is 0 Å². The second-order valence-corrected chi connectivity index (χ2v) is 6.45. The molecule has 0 spiro atoms. The molecule has 9 heteroatoms. The Bertz CT molecular complexity index is 773. The lowest BCUT2D eigenvalue weighted by Gasteiger charge is -2.09. The topological polar surface area (TPSA) is 114 Å². The van der Waals surface area contributed by atoms with E-state index in [1.54, 1.807) is 20.8 Å². The molecule has 0 radical (unpaired) electrons. The van der Waals surface area contributed by atoms with Gasteiger partial charge in [0.1, 0.15) is 16.9 Å². The molecule has 0 fully saturated rings. The van der Waals surface area contributed by atoms with Crippen molar-refractivity contribution in [2.75, 3.05) is 4.72 Å². The molecule has 0 aliphatic rings. The number of nitrogens with one attached hydrogen (secondary N) is 1. The fourth-order valence-corrected chi connectivity index (χ4v) is 2.73. The number of aromatic carboxylic acids is 1. The van der Waals surface area contributed by atoms with Gasteiger partial charge < -0.3 is 14.1 Å². The number of oxazole rings is 1. The van der Waals surface area contributed by atoms with Crippen LogP contribution in [-0.2, 0) is 10.0 Å². The predicted octanol–water partition coefficient (Wildman–Crippen LogP) is 1.86. The number of anilines is 1. The molecule has 2 aromatic rings. The van der Waals surface area contributed by atoms with E-state index in [1.807, 2.05) is 0 Å². The molecule has 0 saturated heterocycles. The molecule has 0 amide bonds. The summed E-state index contributed by atoms with van der Waals surface area (Å²) in [4.78, 5) is 14.8. The van der Waals surface area contributed by atoms with Crippen molar-refractivity contribution in [3.8, 4) is 0 Å². The van der Waals surface area contributed by atoms with Crippen LogP contribution in [-0.4, -0.2) is 29.0 Å². The van der Waals surface area contributed by atoms with Crippen molar-refractivity contribution in [1.82, 2.24) is 9.55 Å². The number of rotatable bonds is 5. The zero-order valence-corrected chi connectivity index (χ0v) is 12.5. The van der Waals surface area contributed by atoms with Crippen LogP contribution in [0.3, 0.4) is 0 Å². The first-order valence-corrected chi connectivity index (χ1v) is 7.59. The number of hydrogen-bond acceptors (Lipinski definition) is 5. The van der Waals surface area contributed by atoms with E-state index in [0.717, 1.165) is 6.07 Å². The van der Waals surface area contributed by atoms with E-state index in [1.165, 1.54) is 17.0 Å². The molecule has 0 aliphatic heterocycles. The number of aryl methyl sites for hydroxylation is 1. The molecule has 2 aromatic heterocycles. The first-order valence-electron chi connectivity index (χ1n) is 6.11. The first kappa shape index (κ1) is 15.1. The average molecular weight is 313 g/mol. The third kappa shape index (κ3) is 3.07. The van der Waals surface area contributed by atoms with Gasteiger partial charge in [-0.25, -0.2) is 17.9 Å². The first-order chi connectivity index (χ1) is 9.70. The van der Waals surface area contributed by atoms with Gasteiger partial charge in [-0.2, -0.15) is 4.98 Å². The van der Waals surface area contributed by atoms with Crippen LogP contribution in [0.15, 0.2) is 27.8 Å². The molecule has 21 heavy (non-hydrogen) atoms. The van der Waals surface area contributed by atoms with Gasteiger partial charge in [0.05, 0.1) is 5.69 Å². The molecule has 0 unspecified atom stereocenters. The Morgan fingerprint density at radius 2 is 2.14 bits per heavy atom. The summed E-state index contributed by atoms with van der Waals surface area (Å²) in [6.07, 6.45) is 2.58. The van der Waals surface area contributed by atoms with Gasteiger partial charge in [-0.1, -0.05) is 0 Å². The third-order valence-corrected chi connectivity index (χ3v) is 4.04. The number of nitrogens with zero attached hydrogens (tertiary/aromatic N) is 2. The number of carboxylic acids is 1. The smallest absolute Gasteiger partial charge is 0.352 e. The number of hydrogen-bond donors (Lipinski definition) is 2. The van der Waals surface area contributed by atoms with E-state index < -0.39 is 16.0 Å². The Morgan fingerprint density at radius 3 is 2.57 bits per heavy atom. The van der Waals surface area contributed by atoms with Crippen LogP contribution in [0, 0.1) is 6.92 Å². The van der Waals surface area contributed by atoms with Gasteiger partial charge in [-0.3, -0.25) is 0 Å². The monoisotopic (exact) mass is 313 g/mol. The van der Waals surface area contributed by atoms with Crippen LogP contribution in [0.2, 0.25) is 0 Å². The van der Waals surface area contributed by atoms with Crippen molar-refractivity contribution >= 4 is 22.0 Å². The number of carbonyl (C=O) groups is 1. The largest absolute Gasteiger partial charge is 0.477 e. The highest BCUT2D eigenvalue weighted by Gasteiger charge is 2.23. The van der Waals surface area contributed by atoms with Crippen LogP contribution in [0.25, 0.3) is 0 Å². The molecule has 0 bridgehead atoms. The minimum atomic E-state index is -3.96. The van der Waals surface area contributed by atoms with Crippen molar-refractivity contribution < 1.29 is 22.7 Å². The van der Waals surface area contributed by atoms with Crippen molar-refractivity contribution in [3.63, 3.8) is 0 Å². The van der Waals surface area contributed by atoms with Crippen molar-refractivity contribution in [3.05, 3.63) is 29.9 Å². The maximum absolute atomic E-state index is 12.2. The Kier molecular flexibility index (Phi) is 3.77. The second-order valence-electron chi connectivity index (χ2n) is 4.77. The average Bonchev–Trinajstić information content (AvgIpc) is 2.95. The number of aromatic nitrogens is 2. The highest BCUT2D eigenvalue weighted by Crippen LogP contribution is 2.21. The van der Waals surface area contributed by atoms with Gasteiger partial charge in [0, 0.05) is 12.2 Å². The molecule has 8 nitrogen and oxygen atoms in total. The maximum atomic E-state index is 12.2. The van der Waals surface area contributed by atoms with E-state index in [0.29, 0.717) is 5.69 Å². The van der Waals surface area contributed by atoms with E-state index in [-0.39, 0.29) is 22.6 Å². The van der Waals surface area contributed by atoms with E-state index in [9.17, 15) is 13.2 Å². The molecule has 0 aliphatic carbocycles. The number of carboxylic acid groups (broad SMARTS) is 1. The molecule has 0 aromatic carbocycles. The van der Waals surface area contributed by atoms with Crippen LogP contribution >= 0.6 is 0 Å². The Morgan fingerprint density at radius 1 is 1.48 bits per heavy atom. The standard InChI is InChI=1S/C12H15N3O5S/c1-7(2)15-5-9(4-10(15)11(16)17)21(18,19)14-12-13-8(3)6-20-12/h4-7H,1-3H3,(H,13,14)(H,16,17). The highest BCUT2D eigenvalue weighted by atomic mass is 32.2. The summed E-state index contributed by atoms with van der Waals surface area (Å²) < 4.78 is 32.9. The molecule has 0 saturated carbocycles. The van der Waals surface area contributed by atoms with Gasteiger partial charge >= 0.3 is 12.0 Å². The molecule has 0 atom stereocenters. The van der Waals surface area contributed by atoms with Crippen molar-refractivity contribution in [2.45, 2.75) is 31.7 Å². The fourth-order valence-electron chi connectivity index (χ4n) is 1.77. The zero-order valence-electron chi connectivity index (χ0n) is 11.7. The number of sulfonamides is 1. The Hall–Kier alpha value is -2.29. The fraction of sp³-hybridized carbons (Fsp3) is 0.333. The van der Waals surface area contributed by atoms with E-state index >= 15 is 0 Å². The van der Waals surface area contributed by atoms with Crippen molar-refractivity contribution in [1.29, 1.82) is 0 Å². The Labute approximate surface area is 121 Å². The lowest BCUT2D eigenvalue weighted by molar-refractivity contribution is 0.0683. The van der Waals surface area contributed by atoms with Gasteiger partial charge in [0.2, 0.25) is 0 Å². The van der Waals surface area contributed by atoms with Crippen LogP contribution in [0.4, 0.5) is 6.01 Å². The minimum absolute atomic E-state index is 0.103. The lowest BCUT2D eigenvalue weighted by Crippen LogP contribution is -2.12. The maximum Gasteiger partial charge on any atom is 0.352 e. The summed E-state index contributed by atoms with van der Waals surface area (Å²) in [6.45, 7) is 5.17. The summed E-state index contributed by atoms with van der Waals surface area (Å²) in [5, 5.41) is 9.12. The van der Waals surface area contributed by atoms with Gasteiger partial charge in [0.15, 0.2) is 0 Å². The predicted molar refractivity (Wildman–Crippen MR) is 73.8 cm³/mol. The summed E-state index contributed by atoms with van der Waals surface area (Å²) in [5.41, 5.74) is 0.424. The zero-order chi connectivity index (χ0) is 15.8. The summed E-state index contributed by atoms with van der Waals surface area (Å²) in [6, 6.07) is 0.742. The highest BCUT2D eigenvalue weighted by molar-refractivity contribution is 7.92. The summed E-state index contributed by atoms with van der Waals surface area (Å²) >= 11 is 0. The lowest BCUT2D eigenvalue weighted by atomic mass is 10.3. The summed E-state index contributed by atoms with van der Waals surface area (Å²) in [5.74, 6) is -1.20. The second kappa shape index (κ2) is 5.24. The van der Waals surface area contributed by atoms with Crippen LogP contribution in [0.5, 0.6) is 0 Å². The van der Waals surface area contributed by atoms with E-state index in [4.69, 9.17) is 9.52 Å². The van der Waals surface area contributed by atoms with Gasteiger partial charge in [0.25, 0.3) is 10.0 Å². The molecular weight excluding hydrogens is 298 g/mol. The molecule has 2 heterocycles. The van der Waals surface area contributed by atoms with E-state index in [2.05, 4.69) is 9.71 Å². The summed E-state index contributed by atoms with van der Waals surface area (Å²) in [7, 11) is -3.96. The van der Waals surface area contributed by atoms with Crippen LogP contribution < -0.4 is 4.72 Å². The third-order valence-electron chi connectivity index (χ3n) is 2.75. The van der Waals surface area contributed by atoms with Gasteiger partial charge in [-0.15, -0.1) is 0 Å². The SMILES string of the molecule is Cc1coc(NS(=O)(=O)c2cc(C(=O)O)n(C(C)C)c2)n1. The Balaban J connectivity index is 2.40. The minimum Gasteiger partial charge on any atom is -0.477 e. The molecule has 114 valence electrons. The quantitative estimate of drug-likeness (QED) is 0.870.